The van der Waals surface area contributed by atoms with Crippen molar-refractivity contribution in [1.29, 1.82) is 0 Å². The van der Waals surface area contributed by atoms with Crippen LogP contribution in [0.4, 0.5) is 17.1 Å². The average molecular weight is 930 g/mol. The van der Waals surface area contributed by atoms with E-state index in [1.54, 1.807) is 0 Å². The Morgan fingerprint density at radius 1 is 0.260 bits per heavy atom. The second kappa shape index (κ2) is 17.4. The highest BCUT2D eigenvalue weighted by Crippen LogP contribution is 2.57. The number of para-hydroxylation sites is 1. The maximum absolute atomic E-state index is 6.48. The van der Waals surface area contributed by atoms with Gasteiger partial charge in [-0.25, -0.2) is 0 Å². The minimum atomic E-state index is -0.465. The van der Waals surface area contributed by atoms with E-state index < -0.39 is 5.41 Å². The lowest BCUT2D eigenvalue weighted by molar-refractivity contribution is 0.669. The number of hydrogen-bond acceptors (Lipinski definition) is 2. The van der Waals surface area contributed by atoms with Gasteiger partial charge < -0.3 is 9.32 Å². The summed E-state index contributed by atoms with van der Waals surface area (Å²) < 4.78 is 6.48. The van der Waals surface area contributed by atoms with Crippen molar-refractivity contribution in [2.24, 2.45) is 0 Å². The van der Waals surface area contributed by atoms with Crippen molar-refractivity contribution in [2.45, 2.75) is 5.41 Å². The molecule has 1 aliphatic rings. The highest BCUT2D eigenvalue weighted by molar-refractivity contribution is 6.06. The van der Waals surface area contributed by atoms with Gasteiger partial charge in [-0.3, -0.25) is 0 Å². The molecule has 12 aromatic carbocycles. The quantitative estimate of drug-likeness (QED) is 0.143. The zero-order valence-corrected chi connectivity index (χ0v) is 40.0. The molecule has 1 heterocycles. The molecule has 0 amide bonds. The molecular formula is C71H47NO. The Kier molecular flexibility index (Phi) is 10.1. The lowest BCUT2D eigenvalue weighted by atomic mass is 9.67. The maximum Gasteiger partial charge on any atom is 0.137 e. The van der Waals surface area contributed by atoms with Gasteiger partial charge in [-0.15, -0.1) is 0 Å². The zero-order valence-electron chi connectivity index (χ0n) is 40.0. The molecule has 0 spiro atoms. The Hall–Kier alpha value is -9.50. The highest BCUT2D eigenvalue weighted by Gasteiger charge is 2.46. The van der Waals surface area contributed by atoms with Crippen LogP contribution in [0.2, 0.25) is 0 Å². The van der Waals surface area contributed by atoms with Gasteiger partial charge >= 0.3 is 0 Å². The summed E-state index contributed by atoms with van der Waals surface area (Å²) in [6.07, 6.45) is 0. The van der Waals surface area contributed by atoms with Gasteiger partial charge in [-0.2, -0.15) is 0 Å². The summed E-state index contributed by atoms with van der Waals surface area (Å²) in [4.78, 5) is 2.34. The van der Waals surface area contributed by atoms with Gasteiger partial charge in [0.2, 0.25) is 0 Å². The number of anilines is 3. The van der Waals surface area contributed by atoms with E-state index in [1.165, 1.54) is 77.5 Å². The molecule has 73 heavy (non-hydrogen) atoms. The van der Waals surface area contributed by atoms with Gasteiger partial charge in [0, 0.05) is 33.9 Å². The molecule has 2 nitrogen and oxygen atoms in total. The van der Waals surface area contributed by atoms with E-state index in [0.717, 1.165) is 50.1 Å². The van der Waals surface area contributed by atoms with E-state index in [4.69, 9.17) is 4.42 Å². The van der Waals surface area contributed by atoms with E-state index in [2.05, 4.69) is 278 Å². The van der Waals surface area contributed by atoms with Gasteiger partial charge in [0.15, 0.2) is 0 Å². The van der Waals surface area contributed by atoms with Crippen molar-refractivity contribution < 1.29 is 4.42 Å². The first-order valence-electron chi connectivity index (χ1n) is 25.1. The lowest BCUT2D eigenvalue weighted by Crippen LogP contribution is -2.28. The first-order valence-corrected chi connectivity index (χ1v) is 25.1. The first-order chi connectivity index (χ1) is 36.2. The Morgan fingerprint density at radius 2 is 0.740 bits per heavy atom. The molecule has 14 rings (SSSR count). The number of benzene rings is 12. The largest absolute Gasteiger partial charge is 0.456 e. The SMILES string of the molecule is c1ccc(C2(c3ccccc3)c3ccccc3-c3ccc(-c4ccc(N(c5ccc(-c6cccc(-c7cccc(-c8ccc9ccccc9c8)c7)c6)cc5)c5ccc6c(c5)oc5ccccc56)cc4)cc32)cc1. The summed E-state index contributed by atoms with van der Waals surface area (Å²) in [6.45, 7) is 0. The van der Waals surface area contributed by atoms with Crippen LogP contribution in [0.1, 0.15) is 22.3 Å². The van der Waals surface area contributed by atoms with Gasteiger partial charge in [0.05, 0.1) is 5.41 Å². The van der Waals surface area contributed by atoms with E-state index in [-0.39, 0.29) is 0 Å². The maximum atomic E-state index is 6.48. The monoisotopic (exact) mass is 929 g/mol. The van der Waals surface area contributed by atoms with Crippen molar-refractivity contribution in [1.82, 2.24) is 0 Å². The molecule has 0 saturated heterocycles. The Balaban J connectivity index is 0.831. The molecule has 0 radical (unpaired) electrons. The molecule has 1 aliphatic carbocycles. The predicted molar refractivity (Wildman–Crippen MR) is 305 cm³/mol. The molecule has 342 valence electrons. The summed E-state index contributed by atoms with van der Waals surface area (Å²) >= 11 is 0. The molecule has 0 fully saturated rings. The van der Waals surface area contributed by atoms with Crippen LogP contribution < -0.4 is 4.90 Å². The van der Waals surface area contributed by atoms with Crippen molar-refractivity contribution in [3.63, 3.8) is 0 Å². The molecule has 13 aromatic rings. The second-order valence-corrected chi connectivity index (χ2v) is 19.2. The van der Waals surface area contributed by atoms with Crippen LogP contribution in [0.25, 0.3) is 88.3 Å². The van der Waals surface area contributed by atoms with Crippen LogP contribution in [0.3, 0.4) is 0 Å². The Bertz CT molecular complexity index is 4150. The smallest absolute Gasteiger partial charge is 0.137 e. The van der Waals surface area contributed by atoms with Crippen molar-refractivity contribution in [3.8, 4) is 55.6 Å². The molecule has 0 unspecified atom stereocenters. The number of fused-ring (bicyclic) bond motifs is 7. The molecule has 0 saturated carbocycles. The zero-order chi connectivity index (χ0) is 48.3. The molecule has 0 bridgehead atoms. The summed E-state index contributed by atoms with van der Waals surface area (Å²) in [5.41, 5.74) is 21.6. The number of nitrogens with zero attached hydrogens (tertiary/aromatic N) is 1. The van der Waals surface area contributed by atoms with Gasteiger partial charge in [0.1, 0.15) is 11.2 Å². The van der Waals surface area contributed by atoms with Gasteiger partial charge in [-0.1, -0.05) is 212 Å². The fourth-order valence-electron chi connectivity index (χ4n) is 11.7. The van der Waals surface area contributed by atoms with E-state index in [9.17, 15) is 0 Å². The predicted octanol–water partition coefficient (Wildman–Crippen LogP) is 19.2. The minimum Gasteiger partial charge on any atom is -0.456 e. The van der Waals surface area contributed by atoms with E-state index >= 15 is 0 Å². The van der Waals surface area contributed by atoms with Crippen LogP contribution in [0.15, 0.2) is 290 Å². The summed E-state index contributed by atoms with van der Waals surface area (Å²) in [7, 11) is 0. The Labute approximate surface area is 425 Å². The van der Waals surface area contributed by atoms with Crippen LogP contribution in [0, 0.1) is 0 Å². The third-order valence-electron chi connectivity index (χ3n) is 15.1. The number of rotatable bonds is 9. The fraction of sp³-hybridized carbons (Fsp3) is 0.0141. The summed E-state index contributed by atoms with van der Waals surface area (Å²) in [5.74, 6) is 0. The summed E-state index contributed by atoms with van der Waals surface area (Å²) in [5, 5.41) is 4.72. The molecule has 2 heteroatoms. The van der Waals surface area contributed by atoms with Crippen molar-refractivity contribution in [3.05, 3.63) is 307 Å². The average Bonchev–Trinajstić information content (AvgIpc) is 3.99. The van der Waals surface area contributed by atoms with Crippen molar-refractivity contribution >= 4 is 49.8 Å². The van der Waals surface area contributed by atoms with Crippen molar-refractivity contribution in [2.75, 3.05) is 4.90 Å². The standard InChI is InChI=1S/C71H47NO/c1-3-21-58(22-4-1)71(59-23-5-2-6-24-59)67-27-11-9-25-63(67)64-41-35-57(46-68(64)71)50-33-38-61(39-34-50)72(62-40-42-66-65-26-10-12-28-69(65)73-70(66)47-62)60-36-31-49(32-37-60)52-17-13-18-53(43-52)54-19-14-20-55(45-54)56-30-29-48-15-7-8-16-51(48)44-56/h1-47H. The molecule has 0 aliphatic heterocycles. The van der Waals surface area contributed by atoms with Gasteiger partial charge in [-0.05, 0) is 155 Å². The third-order valence-corrected chi connectivity index (χ3v) is 15.1. The highest BCUT2D eigenvalue weighted by atomic mass is 16.3. The normalized spacial score (nSPS) is 12.5. The minimum absolute atomic E-state index is 0.465. The third kappa shape index (κ3) is 7.18. The van der Waals surface area contributed by atoms with Crippen LogP contribution in [-0.4, -0.2) is 0 Å². The second-order valence-electron chi connectivity index (χ2n) is 19.2. The van der Waals surface area contributed by atoms with Crippen LogP contribution in [0.5, 0.6) is 0 Å². The number of hydrogen-bond donors (Lipinski definition) is 0. The van der Waals surface area contributed by atoms with E-state index in [1.807, 2.05) is 12.1 Å². The lowest BCUT2D eigenvalue weighted by Gasteiger charge is -2.34. The molecular weight excluding hydrogens is 883 g/mol. The van der Waals surface area contributed by atoms with E-state index in [0.29, 0.717) is 0 Å². The molecule has 0 N–H and O–H groups in total. The Morgan fingerprint density at radius 3 is 1.41 bits per heavy atom. The molecule has 1 aromatic heterocycles. The van der Waals surface area contributed by atoms with Gasteiger partial charge in [0.25, 0.3) is 0 Å². The fourth-order valence-corrected chi connectivity index (χ4v) is 11.7. The molecule has 0 atom stereocenters. The topological polar surface area (TPSA) is 16.4 Å². The van der Waals surface area contributed by atoms with Crippen LogP contribution in [-0.2, 0) is 5.41 Å². The van der Waals surface area contributed by atoms with Crippen LogP contribution >= 0.6 is 0 Å². The number of furan rings is 1. The summed E-state index contributed by atoms with van der Waals surface area (Å²) in [6, 6.07) is 104. The first kappa shape index (κ1) is 42.4.